The topological polar surface area (TPSA) is 52.1 Å². The maximum absolute atomic E-state index is 5.39. The molecule has 26 heavy (non-hydrogen) atoms. The molecule has 1 aromatic carbocycles. The minimum atomic E-state index is 0.683. The van der Waals surface area contributed by atoms with Gasteiger partial charge >= 0.3 is 0 Å². The lowest BCUT2D eigenvalue weighted by molar-refractivity contribution is 0.0389. The Morgan fingerprint density at radius 1 is 1.15 bits per heavy atom. The van der Waals surface area contributed by atoms with Crippen molar-refractivity contribution >= 4 is 11.6 Å². The molecule has 0 radical (unpaired) electrons. The first kappa shape index (κ1) is 18.7. The summed E-state index contributed by atoms with van der Waals surface area (Å²) in [6.45, 7) is 11.3. The number of benzene rings is 1. The number of ether oxygens (including phenoxy) is 1. The smallest absolute Gasteiger partial charge is 0.191 e. The maximum atomic E-state index is 5.39. The van der Waals surface area contributed by atoms with E-state index in [9.17, 15) is 0 Å². The molecule has 2 aliphatic heterocycles. The zero-order valence-electron chi connectivity index (χ0n) is 15.8. The van der Waals surface area contributed by atoms with Crippen LogP contribution in [0.25, 0.3) is 0 Å². The fourth-order valence-corrected chi connectivity index (χ4v) is 3.21. The second-order valence-corrected chi connectivity index (χ2v) is 6.62. The summed E-state index contributed by atoms with van der Waals surface area (Å²) in [6.07, 6.45) is 4.43. The van der Waals surface area contributed by atoms with Gasteiger partial charge in [-0.3, -0.25) is 4.90 Å². The lowest BCUT2D eigenvalue weighted by Crippen LogP contribution is -2.44. The van der Waals surface area contributed by atoms with Crippen LogP contribution in [0.4, 0.5) is 5.69 Å². The van der Waals surface area contributed by atoms with E-state index in [2.05, 4.69) is 63.8 Å². The van der Waals surface area contributed by atoms with Crippen molar-refractivity contribution in [2.45, 2.75) is 13.5 Å². The average Bonchev–Trinajstić information content (AvgIpc) is 3.22. The van der Waals surface area contributed by atoms with E-state index in [-0.39, 0.29) is 0 Å². The van der Waals surface area contributed by atoms with E-state index in [1.54, 1.807) is 0 Å². The second kappa shape index (κ2) is 10.2. The highest BCUT2D eigenvalue weighted by atomic mass is 16.5. The minimum Gasteiger partial charge on any atom is -0.379 e. The highest BCUT2D eigenvalue weighted by molar-refractivity contribution is 5.79. The van der Waals surface area contributed by atoms with Crippen molar-refractivity contribution in [2.24, 2.45) is 4.99 Å². The standard InChI is InChI=1S/C20H31N5O/c1-2-21-20(22-8-11-24-12-14-26-15-13-24)23-17-18-6-5-7-19(16-18)25-9-3-4-10-25/h3-7,16H,2,8-15,17H2,1H3,(H2,21,22,23). The van der Waals surface area contributed by atoms with E-state index in [1.165, 1.54) is 11.3 Å². The Morgan fingerprint density at radius 3 is 2.73 bits per heavy atom. The molecule has 0 saturated carbocycles. The molecule has 0 bridgehead atoms. The molecule has 0 atom stereocenters. The first-order valence-electron chi connectivity index (χ1n) is 9.66. The number of rotatable bonds is 7. The van der Waals surface area contributed by atoms with Gasteiger partial charge in [-0.1, -0.05) is 24.3 Å². The van der Waals surface area contributed by atoms with Gasteiger partial charge in [0.25, 0.3) is 0 Å². The third-order valence-corrected chi connectivity index (χ3v) is 4.68. The largest absolute Gasteiger partial charge is 0.379 e. The Balaban J connectivity index is 1.50. The molecule has 0 aliphatic carbocycles. The lowest BCUT2D eigenvalue weighted by atomic mass is 10.2. The maximum Gasteiger partial charge on any atom is 0.191 e. The van der Waals surface area contributed by atoms with Gasteiger partial charge in [-0.25, -0.2) is 4.99 Å². The molecule has 3 rings (SSSR count). The lowest BCUT2D eigenvalue weighted by Gasteiger charge is -2.26. The Hall–Kier alpha value is -2.05. The van der Waals surface area contributed by atoms with Gasteiger partial charge in [0, 0.05) is 51.5 Å². The molecule has 2 aliphatic rings. The van der Waals surface area contributed by atoms with Gasteiger partial charge in [0.1, 0.15) is 0 Å². The molecular formula is C20H31N5O. The number of aliphatic imine (C=N–C) groups is 1. The van der Waals surface area contributed by atoms with Crippen LogP contribution in [0.2, 0.25) is 0 Å². The number of nitrogens with zero attached hydrogens (tertiary/aromatic N) is 3. The van der Waals surface area contributed by atoms with Gasteiger partial charge in [0.15, 0.2) is 5.96 Å². The number of hydrogen-bond donors (Lipinski definition) is 2. The van der Waals surface area contributed by atoms with Crippen molar-refractivity contribution < 1.29 is 4.74 Å². The number of guanidine groups is 1. The van der Waals surface area contributed by atoms with E-state index in [0.717, 1.165) is 65.0 Å². The second-order valence-electron chi connectivity index (χ2n) is 6.62. The normalized spacial score (nSPS) is 18.3. The van der Waals surface area contributed by atoms with Crippen molar-refractivity contribution in [3.05, 3.63) is 42.0 Å². The fourth-order valence-electron chi connectivity index (χ4n) is 3.21. The fraction of sp³-hybridized carbons (Fsp3) is 0.550. The van der Waals surface area contributed by atoms with Crippen molar-refractivity contribution in [3.8, 4) is 0 Å². The molecule has 2 N–H and O–H groups in total. The summed E-state index contributed by atoms with van der Waals surface area (Å²) in [4.78, 5) is 9.54. The van der Waals surface area contributed by atoms with Gasteiger partial charge in [-0.05, 0) is 24.6 Å². The number of anilines is 1. The van der Waals surface area contributed by atoms with E-state index >= 15 is 0 Å². The van der Waals surface area contributed by atoms with Gasteiger partial charge in [-0.2, -0.15) is 0 Å². The Bertz CT molecular complexity index is 602. The molecule has 0 unspecified atom stereocenters. The van der Waals surface area contributed by atoms with Crippen LogP contribution in [0.1, 0.15) is 12.5 Å². The number of nitrogens with one attached hydrogen (secondary N) is 2. The summed E-state index contributed by atoms with van der Waals surface area (Å²) in [5.74, 6) is 0.883. The highest BCUT2D eigenvalue weighted by Gasteiger charge is 2.10. The predicted octanol–water partition coefficient (Wildman–Crippen LogP) is 1.45. The molecule has 2 heterocycles. The van der Waals surface area contributed by atoms with Crippen LogP contribution in [0.3, 0.4) is 0 Å². The summed E-state index contributed by atoms with van der Waals surface area (Å²) >= 11 is 0. The molecule has 1 saturated heterocycles. The predicted molar refractivity (Wildman–Crippen MR) is 108 cm³/mol. The molecule has 0 spiro atoms. The summed E-state index contributed by atoms with van der Waals surface area (Å²) in [5, 5.41) is 6.78. The molecule has 1 fully saturated rings. The Morgan fingerprint density at radius 2 is 1.96 bits per heavy atom. The molecule has 0 amide bonds. The number of hydrogen-bond acceptors (Lipinski definition) is 4. The van der Waals surface area contributed by atoms with E-state index in [1.807, 2.05) is 0 Å². The zero-order chi connectivity index (χ0) is 18.0. The highest BCUT2D eigenvalue weighted by Crippen LogP contribution is 2.18. The van der Waals surface area contributed by atoms with Crippen LogP contribution in [-0.4, -0.2) is 69.9 Å². The third kappa shape index (κ3) is 5.75. The van der Waals surface area contributed by atoms with Crippen molar-refractivity contribution in [1.82, 2.24) is 15.5 Å². The average molecular weight is 358 g/mol. The molecular weight excluding hydrogens is 326 g/mol. The molecule has 142 valence electrons. The number of morpholine rings is 1. The van der Waals surface area contributed by atoms with Gasteiger partial charge in [-0.15, -0.1) is 0 Å². The third-order valence-electron chi connectivity index (χ3n) is 4.68. The van der Waals surface area contributed by atoms with Crippen molar-refractivity contribution in [2.75, 3.05) is 63.9 Å². The summed E-state index contributed by atoms with van der Waals surface area (Å²) < 4.78 is 5.39. The zero-order valence-corrected chi connectivity index (χ0v) is 15.8. The van der Waals surface area contributed by atoms with E-state index in [0.29, 0.717) is 6.54 Å². The van der Waals surface area contributed by atoms with Gasteiger partial charge in [0.05, 0.1) is 19.8 Å². The molecule has 1 aromatic rings. The summed E-state index contributed by atoms with van der Waals surface area (Å²) in [6, 6.07) is 8.69. The van der Waals surface area contributed by atoms with Crippen LogP contribution in [0.15, 0.2) is 41.4 Å². The summed E-state index contributed by atoms with van der Waals surface area (Å²) in [5.41, 5.74) is 2.51. The molecule has 6 heteroatoms. The van der Waals surface area contributed by atoms with Crippen LogP contribution >= 0.6 is 0 Å². The summed E-state index contributed by atoms with van der Waals surface area (Å²) in [7, 11) is 0. The quantitative estimate of drug-likeness (QED) is 0.439. The Labute approximate surface area is 156 Å². The van der Waals surface area contributed by atoms with Crippen LogP contribution < -0.4 is 15.5 Å². The van der Waals surface area contributed by atoms with Crippen LogP contribution in [0.5, 0.6) is 0 Å². The van der Waals surface area contributed by atoms with Crippen LogP contribution in [0, 0.1) is 0 Å². The first-order chi connectivity index (χ1) is 12.8. The van der Waals surface area contributed by atoms with Crippen molar-refractivity contribution in [1.29, 1.82) is 0 Å². The molecule has 6 nitrogen and oxygen atoms in total. The van der Waals surface area contributed by atoms with E-state index in [4.69, 9.17) is 9.73 Å². The van der Waals surface area contributed by atoms with Gasteiger partial charge < -0.3 is 20.3 Å². The minimum absolute atomic E-state index is 0.683. The molecule has 0 aromatic heterocycles. The SMILES string of the molecule is CCNC(=NCc1cccc(N2CC=CC2)c1)NCCN1CCOCC1. The van der Waals surface area contributed by atoms with E-state index < -0.39 is 0 Å². The van der Waals surface area contributed by atoms with Crippen LogP contribution in [-0.2, 0) is 11.3 Å². The van der Waals surface area contributed by atoms with Gasteiger partial charge in [0.2, 0.25) is 0 Å². The first-order valence-corrected chi connectivity index (χ1v) is 9.66. The Kier molecular flexibility index (Phi) is 7.34. The van der Waals surface area contributed by atoms with Crippen molar-refractivity contribution in [3.63, 3.8) is 0 Å². The monoisotopic (exact) mass is 357 g/mol.